The molecule has 0 unspecified atom stereocenters. The van der Waals surface area contributed by atoms with Crippen LogP contribution in [0.1, 0.15) is 36.6 Å². The second kappa shape index (κ2) is 11.3. The second-order valence-electron chi connectivity index (χ2n) is 8.53. The third-order valence-corrected chi connectivity index (χ3v) is 8.70. The van der Waals surface area contributed by atoms with Crippen LogP contribution in [0.5, 0.6) is 0 Å². The molecule has 6 nitrogen and oxygen atoms in total. The summed E-state index contributed by atoms with van der Waals surface area (Å²) in [4.78, 5) is 20.3. The van der Waals surface area contributed by atoms with E-state index < -0.39 is 21.7 Å². The summed E-state index contributed by atoms with van der Waals surface area (Å²) in [7, 11) is -4.08. The average molecular weight is 544 g/mol. The summed E-state index contributed by atoms with van der Waals surface area (Å²) in [5, 5.41) is 4.72. The van der Waals surface area contributed by atoms with E-state index in [2.05, 4.69) is 42.8 Å². The number of anilines is 1. The van der Waals surface area contributed by atoms with Gasteiger partial charge in [-0.15, -0.1) is 22.7 Å². The van der Waals surface area contributed by atoms with Crippen LogP contribution in [0.2, 0.25) is 0 Å². The highest BCUT2D eigenvalue weighted by molar-refractivity contribution is 7.90. The van der Waals surface area contributed by atoms with Gasteiger partial charge in [-0.05, 0) is 47.2 Å². The average Bonchev–Trinajstić information content (AvgIpc) is 3.54. The first-order valence-corrected chi connectivity index (χ1v) is 14.6. The van der Waals surface area contributed by atoms with Crippen LogP contribution >= 0.6 is 22.7 Å². The Kier molecular flexibility index (Phi) is 8.17. The van der Waals surface area contributed by atoms with Crippen LogP contribution in [-0.2, 0) is 21.4 Å². The number of aromatic nitrogens is 1. The predicted octanol–water partition coefficient (Wildman–Crippen LogP) is 6.04. The molecule has 188 valence electrons. The van der Waals surface area contributed by atoms with E-state index in [1.54, 1.807) is 11.3 Å². The Morgan fingerprint density at radius 3 is 2.42 bits per heavy atom. The van der Waals surface area contributed by atoms with Crippen molar-refractivity contribution in [2.24, 2.45) is 0 Å². The first-order valence-electron chi connectivity index (χ1n) is 11.4. The van der Waals surface area contributed by atoms with Gasteiger partial charge in [-0.1, -0.05) is 44.2 Å². The lowest BCUT2D eigenvalue weighted by Gasteiger charge is -2.21. The zero-order valence-corrected chi connectivity index (χ0v) is 22.3. The van der Waals surface area contributed by atoms with Gasteiger partial charge in [0.25, 0.3) is 10.0 Å². The van der Waals surface area contributed by atoms with Crippen LogP contribution in [0.3, 0.4) is 0 Å². The summed E-state index contributed by atoms with van der Waals surface area (Å²) in [5.41, 5.74) is 3.13. The van der Waals surface area contributed by atoms with E-state index in [-0.39, 0.29) is 17.9 Å². The highest BCUT2D eigenvalue weighted by atomic mass is 32.2. The third-order valence-electron chi connectivity index (χ3n) is 5.54. The molecule has 4 rings (SSSR count). The van der Waals surface area contributed by atoms with Crippen molar-refractivity contribution in [3.05, 3.63) is 87.7 Å². The van der Waals surface area contributed by atoms with Crippen LogP contribution in [0.25, 0.3) is 11.3 Å². The van der Waals surface area contributed by atoms with Gasteiger partial charge >= 0.3 is 0 Å². The number of carbonyl (C=O) groups excluding carboxylic acids is 1. The van der Waals surface area contributed by atoms with E-state index in [0.717, 1.165) is 45.5 Å². The Bertz CT molecular complexity index is 1400. The molecular formula is C26H26FN3O3S3. The van der Waals surface area contributed by atoms with E-state index in [0.29, 0.717) is 12.5 Å². The van der Waals surface area contributed by atoms with E-state index in [4.69, 9.17) is 4.98 Å². The molecule has 2 heterocycles. The maximum atomic E-state index is 13.1. The Hall–Kier alpha value is -3.08. The first-order chi connectivity index (χ1) is 17.2. The largest absolute Gasteiger partial charge is 0.342 e. The van der Waals surface area contributed by atoms with Crippen LogP contribution in [0, 0.1) is 5.82 Å². The van der Waals surface area contributed by atoms with Crippen molar-refractivity contribution >= 4 is 43.7 Å². The molecule has 36 heavy (non-hydrogen) atoms. The number of sulfonamides is 1. The van der Waals surface area contributed by atoms with Gasteiger partial charge in [0, 0.05) is 28.8 Å². The fourth-order valence-corrected chi connectivity index (χ4v) is 6.12. The number of benzene rings is 2. The van der Waals surface area contributed by atoms with Crippen LogP contribution in [0.4, 0.5) is 9.52 Å². The Morgan fingerprint density at radius 2 is 1.78 bits per heavy atom. The minimum absolute atomic E-state index is 0.0518. The number of amides is 1. The van der Waals surface area contributed by atoms with Crippen molar-refractivity contribution < 1.29 is 17.6 Å². The van der Waals surface area contributed by atoms with Crippen molar-refractivity contribution in [2.45, 2.75) is 37.6 Å². The highest BCUT2D eigenvalue weighted by Gasteiger charge is 2.20. The van der Waals surface area contributed by atoms with Gasteiger partial charge in [-0.2, -0.15) is 0 Å². The molecule has 0 atom stereocenters. The monoisotopic (exact) mass is 543 g/mol. The maximum absolute atomic E-state index is 13.1. The van der Waals surface area contributed by atoms with Crippen molar-refractivity contribution in [2.75, 3.05) is 11.4 Å². The van der Waals surface area contributed by atoms with Crippen molar-refractivity contribution in [1.29, 1.82) is 0 Å². The molecule has 4 aromatic rings. The second-order valence-corrected chi connectivity index (χ2v) is 12.1. The molecule has 0 spiro atoms. The molecule has 10 heteroatoms. The minimum atomic E-state index is -4.08. The lowest BCUT2D eigenvalue weighted by molar-refractivity contribution is -0.119. The van der Waals surface area contributed by atoms with Gasteiger partial charge in [0.05, 0.1) is 17.1 Å². The molecule has 0 radical (unpaired) electrons. The molecule has 1 N–H and O–H groups in total. The Balaban J connectivity index is 1.47. The molecule has 2 aromatic carbocycles. The molecule has 0 fully saturated rings. The van der Waals surface area contributed by atoms with E-state index in [1.807, 2.05) is 27.8 Å². The van der Waals surface area contributed by atoms with Gasteiger partial charge in [-0.3, -0.25) is 4.79 Å². The number of thiophene rings is 1. The number of hydrogen-bond donors (Lipinski definition) is 1. The summed E-state index contributed by atoms with van der Waals surface area (Å²) in [6.07, 6.45) is -0.0518. The summed E-state index contributed by atoms with van der Waals surface area (Å²) in [6.45, 7) is 5.13. The van der Waals surface area contributed by atoms with Gasteiger partial charge in [0.1, 0.15) is 5.82 Å². The van der Waals surface area contributed by atoms with Gasteiger partial charge in [0.15, 0.2) is 5.13 Å². The molecule has 1 amide bonds. The standard InChI is InChI=1S/C26H26FN3O3S3/c1-18(2)19-5-7-20(8-6-19)24-17-35-26(28-24)30(16-22-4-3-15-34-22)14-13-25(31)29-36(32,33)23-11-9-21(27)10-12-23/h3-12,15,17-18H,13-14,16H2,1-2H3,(H,29,31). The first kappa shape index (κ1) is 26.0. The number of thiazole rings is 1. The SMILES string of the molecule is CC(C)c1ccc(-c2csc(N(CCC(=O)NS(=O)(=O)c3ccc(F)cc3)Cc3cccs3)n2)cc1. The summed E-state index contributed by atoms with van der Waals surface area (Å²) >= 11 is 3.09. The van der Waals surface area contributed by atoms with Crippen LogP contribution < -0.4 is 9.62 Å². The maximum Gasteiger partial charge on any atom is 0.264 e. The van der Waals surface area contributed by atoms with Crippen molar-refractivity contribution in [3.8, 4) is 11.3 Å². The van der Waals surface area contributed by atoms with E-state index in [1.165, 1.54) is 16.9 Å². The lowest BCUT2D eigenvalue weighted by atomic mass is 10.0. The summed E-state index contributed by atoms with van der Waals surface area (Å²) in [5.74, 6) is -0.746. The number of halogens is 1. The van der Waals surface area contributed by atoms with Gasteiger partial charge < -0.3 is 4.90 Å². The Labute approximate surface area is 218 Å². The fraction of sp³-hybridized carbons (Fsp3) is 0.231. The number of rotatable bonds is 10. The number of nitrogens with zero attached hydrogens (tertiary/aromatic N) is 2. The molecular weight excluding hydrogens is 518 g/mol. The molecule has 0 saturated heterocycles. The number of hydrogen-bond acceptors (Lipinski definition) is 7. The summed E-state index contributed by atoms with van der Waals surface area (Å²) < 4.78 is 40.2. The number of nitrogens with one attached hydrogen (secondary N) is 1. The third kappa shape index (κ3) is 6.57. The predicted molar refractivity (Wildman–Crippen MR) is 143 cm³/mol. The highest BCUT2D eigenvalue weighted by Crippen LogP contribution is 2.30. The van der Waals surface area contributed by atoms with Crippen molar-refractivity contribution in [1.82, 2.24) is 9.71 Å². The smallest absolute Gasteiger partial charge is 0.264 e. The van der Waals surface area contributed by atoms with E-state index >= 15 is 0 Å². The van der Waals surface area contributed by atoms with Crippen LogP contribution in [-0.4, -0.2) is 25.9 Å². The van der Waals surface area contributed by atoms with E-state index in [9.17, 15) is 17.6 Å². The van der Waals surface area contributed by atoms with Gasteiger partial charge in [0.2, 0.25) is 5.91 Å². The fourth-order valence-electron chi connectivity index (χ4n) is 3.52. The normalized spacial score (nSPS) is 11.6. The zero-order valence-electron chi connectivity index (χ0n) is 19.8. The molecule has 0 bridgehead atoms. The molecule has 0 aliphatic heterocycles. The molecule has 2 aromatic heterocycles. The quantitative estimate of drug-likeness (QED) is 0.264. The van der Waals surface area contributed by atoms with Gasteiger partial charge in [-0.25, -0.2) is 22.5 Å². The molecule has 0 saturated carbocycles. The number of carbonyl (C=O) groups is 1. The van der Waals surface area contributed by atoms with Crippen LogP contribution in [0.15, 0.2) is 76.3 Å². The van der Waals surface area contributed by atoms with Crippen molar-refractivity contribution in [3.63, 3.8) is 0 Å². The minimum Gasteiger partial charge on any atom is -0.342 e. The zero-order chi connectivity index (χ0) is 25.7. The topological polar surface area (TPSA) is 79.4 Å². The molecule has 0 aliphatic carbocycles. The lowest BCUT2D eigenvalue weighted by Crippen LogP contribution is -2.34. The molecule has 0 aliphatic rings. The summed E-state index contributed by atoms with van der Waals surface area (Å²) in [6, 6.07) is 16.6. The Morgan fingerprint density at radius 1 is 1.06 bits per heavy atom.